The molecule has 0 heterocycles. The number of nitrogens with zero attached hydrogens (tertiary/aromatic N) is 1. The predicted molar refractivity (Wildman–Crippen MR) is 102 cm³/mol. The zero-order valence-corrected chi connectivity index (χ0v) is 15.5. The Morgan fingerprint density at radius 2 is 1.46 bits per heavy atom. The lowest BCUT2D eigenvalue weighted by Gasteiger charge is -2.17. The largest absolute Gasteiger partial charge is 0.343 e. The molecule has 0 aliphatic heterocycles. The molecule has 0 saturated heterocycles. The zero-order chi connectivity index (χ0) is 19.1. The summed E-state index contributed by atoms with van der Waals surface area (Å²) >= 11 is 11.5. The molecule has 0 spiro atoms. The van der Waals surface area contributed by atoms with Gasteiger partial charge in [-0.1, -0.05) is 23.2 Å². The molecule has 0 aliphatic carbocycles. The van der Waals surface area contributed by atoms with Crippen molar-refractivity contribution in [2.45, 2.75) is 0 Å². The molecule has 0 saturated carbocycles. The third-order valence-corrected chi connectivity index (χ3v) is 3.95. The van der Waals surface area contributed by atoms with Gasteiger partial charge in [0.25, 0.3) is 5.91 Å². The second kappa shape index (κ2) is 9.22. The standard InChI is InChI=1S/C18H17Cl2N3O3/c1-23(11-16(24)22-15-8-6-14(20)7-9-15)17(25)10-21-18(26)12-2-4-13(19)5-3-12/h2-9H,10-11H2,1H3,(H,21,26)(H,22,24). The monoisotopic (exact) mass is 393 g/mol. The number of likely N-dealkylation sites (N-methyl/N-ethyl adjacent to an activating group) is 1. The number of hydrogen-bond donors (Lipinski definition) is 2. The van der Waals surface area contributed by atoms with Crippen LogP contribution in [0, 0.1) is 0 Å². The molecular weight excluding hydrogens is 377 g/mol. The van der Waals surface area contributed by atoms with Gasteiger partial charge in [-0.05, 0) is 48.5 Å². The van der Waals surface area contributed by atoms with Gasteiger partial charge >= 0.3 is 0 Å². The maximum atomic E-state index is 12.1. The third kappa shape index (κ3) is 6.06. The smallest absolute Gasteiger partial charge is 0.251 e. The first-order chi connectivity index (χ1) is 12.3. The van der Waals surface area contributed by atoms with Gasteiger partial charge in [0, 0.05) is 28.3 Å². The van der Waals surface area contributed by atoms with Crippen molar-refractivity contribution in [1.29, 1.82) is 0 Å². The van der Waals surface area contributed by atoms with Crippen LogP contribution in [0.15, 0.2) is 48.5 Å². The molecule has 0 unspecified atom stereocenters. The van der Waals surface area contributed by atoms with Crippen LogP contribution >= 0.6 is 23.2 Å². The first kappa shape index (κ1) is 19.8. The topological polar surface area (TPSA) is 78.5 Å². The molecule has 2 aromatic carbocycles. The van der Waals surface area contributed by atoms with E-state index in [1.807, 2.05) is 0 Å². The molecular formula is C18H17Cl2N3O3. The van der Waals surface area contributed by atoms with Crippen LogP contribution in [0.4, 0.5) is 5.69 Å². The Hall–Kier alpha value is -2.57. The van der Waals surface area contributed by atoms with Crippen molar-refractivity contribution in [3.63, 3.8) is 0 Å². The zero-order valence-electron chi connectivity index (χ0n) is 14.0. The average molecular weight is 394 g/mol. The van der Waals surface area contributed by atoms with Crippen LogP contribution in [-0.4, -0.2) is 42.8 Å². The SMILES string of the molecule is CN(CC(=O)Nc1ccc(Cl)cc1)C(=O)CNC(=O)c1ccc(Cl)cc1. The number of benzene rings is 2. The van der Waals surface area contributed by atoms with Gasteiger partial charge in [-0.15, -0.1) is 0 Å². The van der Waals surface area contributed by atoms with Gasteiger partial charge < -0.3 is 15.5 Å². The number of hydrogen-bond acceptors (Lipinski definition) is 3. The average Bonchev–Trinajstić information content (AvgIpc) is 2.61. The van der Waals surface area contributed by atoms with E-state index in [2.05, 4.69) is 10.6 Å². The summed E-state index contributed by atoms with van der Waals surface area (Å²) in [4.78, 5) is 37.2. The summed E-state index contributed by atoms with van der Waals surface area (Å²) < 4.78 is 0. The van der Waals surface area contributed by atoms with Gasteiger partial charge in [-0.2, -0.15) is 0 Å². The van der Waals surface area contributed by atoms with Crippen LogP contribution in [0.25, 0.3) is 0 Å². The molecule has 0 radical (unpaired) electrons. The summed E-state index contributed by atoms with van der Waals surface area (Å²) in [5.41, 5.74) is 0.974. The van der Waals surface area contributed by atoms with Gasteiger partial charge in [0.1, 0.15) is 0 Å². The highest BCUT2D eigenvalue weighted by Crippen LogP contribution is 2.13. The van der Waals surface area contributed by atoms with E-state index in [4.69, 9.17) is 23.2 Å². The third-order valence-electron chi connectivity index (χ3n) is 3.44. The number of amides is 3. The number of carbonyl (C=O) groups is 3. The van der Waals surface area contributed by atoms with Crippen molar-refractivity contribution in [3.05, 3.63) is 64.1 Å². The Bertz CT molecular complexity index is 792. The first-order valence-electron chi connectivity index (χ1n) is 7.68. The highest BCUT2D eigenvalue weighted by molar-refractivity contribution is 6.31. The number of rotatable bonds is 6. The summed E-state index contributed by atoms with van der Waals surface area (Å²) in [6, 6.07) is 12.9. The summed E-state index contributed by atoms with van der Waals surface area (Å²) in [7, 11) is 1.48. The van der Waals surface area contributed by atoms with Gasteiger partial charge in [-0.3, -0.25) is 14.4 Å². The fraction of sp³-hybridized carbons (Fsp3) is 0.167. The minimum atomic E-state index is -0.394. The van der Waals surface area contributed by atoms with Crippen LogP contribution in [0.1, 0.15) is 10.4 Å². The number of anilines is 1. The van der Waals surface area contributed by atoms with Gasteiger partial charge in [0.05, 0.1) is 13.1 Å². The Morgan fingerprint density at radius 3 is 2.04 bits per heavy atom. The lowest BCUT2D eigenvalue weighted by Crippen LogP contribution is -2.41. The van der Waals surface area contributed by atoms with Crippen LogP contribution < -0.4 is 10.6 Å². The number of nitrogens with one attached hydrogen (secondary N) is 2. The van der Waals surface area contributed by atoms with Crippen molar-refractivity contribution < 1.29 is 14.4 Å². The molecule has 136 valence electrons. The summed E-state index contributed by atoms with van der Waals surface area (Å²) in [6.07, 6.45) is 0. The van der Waals surface area contributed by atoms with Crippen molar-refractivity contribution in [2.24, 2.45) is 0 Å². The maximum Gasteiger partial charge on any atom is 0.251 e. The second-order valence-electron chi connectivity index (χ2n) is 5.49. The maximum absolute atomic E-state index is 12.1. The lowest BCUT2D eigenvalue weighted by atomic mass is 10.2. The highest BCUT2D eigenvalue weighted by Gasteiger charge is 2.14. The van der Waals surface area contributed by atoms with Crippen LogP contribution in [-0.2, 0) is 9.59 Å². The van der Waals surface area contributed by atoms with E-state index >= 15 is 0 Å². The minimum Gasteiger partial charge on any atom is -0.343 e. The van der Waals surface area contributed by atoms with Crippen molar-refractivity contribution in [1.82, 2.24) is 10.2 Å². The highest BCUT2D eigenvalue weighted by atomic mass is 35.5. The Labute approximate surface area is 161 Å². The quantitative estimate of drug-likeness (QED) is 0.791. The van der Waals surface area contributed by atoms with E-state index < -0.39 is 11.8 Å². The van der Waals surface area contributed by atoms with E-state index in [9.17, 15) is 14.4 Å². The predicted octanol–water partition coefficient (Wildman–Crippen LogP) is 2.82. The molecule has 0 aromatic heterocycles. The molecule has 0 aliphatic rings. The molecule has 26 heavy (non-hydrogen) atoms. The van der Waals surface area contributed by atoms with Gasteiger partial charge in [-0.25, -0.2) is 0 Å². The Balaban J connectivity index is 1.79. The van der Waals surface area contributed by atoms with E-state index in [1.54, 1.807) is 48.5 Å². The molecule has 2 N–H and O–H groups in total. The van der Waals surface area contributed by atoms with Crippen molar-refractivity contribution in [2.75, 3.05) is 25.5 Å². The molecule has 3 amide bonds. The van der Waals surface area contributed by atoms with Gasteiger partial charge in [0.2, 0.25) is 11.8 Å². The summed E-state index contributed by atoms with van der Waals surface area (Å²) in [5.74, 6) is -1.14. The first-order valence-corrected chi connectivity index (χ1v) is 8.44. The molecule has 2 rings (SSSR count). The fourth-order valence-electron chi connectivity index (χ4n) is 2.03. The second-order valence-corrected chi connectivity index (χ2v) is 6.37. The van der Waals surface area contributed by atoms with E-state index in [-0.39, 0.29) is 19.0 Å². The number of halogens is 2. The van der Waals surface area contributed by atoms with Crippen molar-refractivity contribution >= 4 is 46.6 Å². The molecule has 2 aromatic rings. The Kier molecular flexibility index (Phi) is 7.00. The minimum absolute atomic E-state index is 0.141. The molecule has 0 bridgehead atoms. The molecule has 0 fully saturated rings. The summed E-state index contributed by atoms with van der Waals surface area (Å²) in [6.45, 7) is -0.357. The summed E-state index contributed by atoms with van der Waals surface area (Å²) in [5, 5.41) is 6.25. The fourth-order valence-corrected chi connectivity index (χ4v) is 2.28. The molecule has 6 nitrogen and oxygen atoms in total. The van der Waals surface area contributed by atoms with E-state index in [0.717, 1.165) is 0 Å². The van der Waals surface area contributed by atoms with Crippen LogP contribution in [0.3, 0.4) is 0 Å². The van der Waals surface area contributed by atoms with Crippen LogP contribution in [0.2, 0.25) is 10.0 Å². The van der Waals surface area contributed by atoms with Crippen LogP contribution in [0.5, 0.6) is 0 Å². The molecule has 8 heteroatoms. The molecule has 0 atom stereocenters. The van der Waals surface area contributed by atoms with Crippen molar-refractivity contribution in [3.8, 4) is 0 Å². The van der Waals surface area contributed by atoms with E-state index in [0.29, 0.717) is 21.3 Å². The normalized spacial score (nSPS) is 10.1. The van der Waals surface area contributed by atoms with E-state index in [1.165, 1.54) is 11.9 Å². The van der Waals surface area contributed by atoms with Gasteiger partial charge in [0.15, 0.2) is 0 Å². The lowest BCUT2D eigenvalue weighted by molar-refractivity contribution is -0.132. The Morgan fingerprint density at radius 1 is 0.923 bits per heavy atom. The number of carbonyl (C=O) groups excluding carboxylic acids is 3.